The molecule has 0 saturated carbocycles. The van der Waals surface area contributed by atoms with E-state index in [2.05, 4.69) is 5.32 Å². The molecule has 0 radical (unpaired) electrons. The van der Waals surface area contributed by atoms with Crippen LogP contribution in [0.3, 0.4) is 0 Å². The van der Waals surface area contributed by atoms with Gasteiger partial charge in [0.05, 0.1) is 22.0 Å². The summed E-state index contributed by atoms with van der Waals surface area (Å²) in [5.41, 5.74) is 1.23. The summed E-state index contributed by atoms with van der Waals surface area (Å²) in [6, 6.07) is 10.6. The van der Waals surface area contributed by atoms with Gasteiger partial charge in [-0.2, -0.15) is 0 Å². The third kappa shape index (κ3) is 4.53. The van der Waals surface area contributed by atoms with Crippen molar-refractivity contribution in [3.8, 4) is 0 Å². The summed E-state index contributed by atoms with van der Waals surface area (Å²) in [7, 11) is -0.919. The number of rotatable bonds is 6. The van der Waals surface area contributed by atoms with E-state index < -0.39 is 15.9 Å². The first-order chi connectivity index (χ1) is 14.1. The molecule has 1 N–H and O–H groups in total. The Kier molecular flexibility index (Phi) is 6.25. The van der Waals surface area contributed by atoms with Gasteiger partial charge in [-0.05, 0) is 35.9 Å². The molecule has 0 aromatic heterocycles. The van der Waals surface area contributed by atoms with Gasteiger partial charge in [-0.15, -0.1) is 0 Å². The highest BCUT2D eigenvalue weighted by atomic mass is 35.5. The average Bonchev–Trinajstić information content (AvgIpc) is 3.01. The second kappa shape index (κ2) is 8.55. The number of nitrogens with one attached hydrogen (secondary N) is 1. The molecule has 2 aromatic carbocycles. The van der Waals surface area contributed by atoms with Gasteiger partial charge >= 0.3 is 0 Å². The normalized spacial score (nSPS) is 14.5. The van der Waals surface area contributed by atoms with E-state index in [1.165, 1.54) is 37.2 Å². The molecule has 2 aromatic rings. The van der Waals surface area contributed by atoms with E-state index in [1.54, 1.807) is 24.3 Å². The number of likely N-dealkylation sites (tertiary alicyclic amines) is 1. The number of imide groups is 1. The summed E-state index contributed by atoms with van der Waals surface area (Å²) in [4.78, 5) is 37.2. The molecule has 30 heavy (non-hydrogen) atoms. The summed E-state index contributed by atoms with van der Waals surface area (Å²) in [5.74, 6) is -0.951. The number of carbonyl (C=O) groups is 3. The van der Waals surface area contributed by atoms with E-state index >= 15 is 0 Å². The molecule has 10 heteroatoms. The third-order valence-corrected chi connectivity index (χ3v) is 6.81. The Morgan fingerprint density at radius 1 is 1.07 bits per heavy atom. The standard InChI is InChI=1S/C20H20ClN3O5S/c1-23(2)30(28,29)15-7-8-17(21)16(11-15)20(27)22-14-5-3-13(4-6-14)12-24-18(25)9-10-19(24)26/h3-8,11H,9-10,12H2,1-2H3,(H,22,27). The summed E-state index contributed by atoms with van der Waals surface area (Å²) in [5, 5.41) is 2.78. The van der Waals surface area contributed by atoms with Gasteiger partial charge in [-0.25, -0.2) is 12.7 Å². The number of anilines is 1. The van der Waals surface area contributed by atoms with Crippen LogP contribution < -0.4 is 5.32 Å². The van der Waals surface area contributed by atoms with Crippen LogP contribution in [-0.4, -0.2) is 49.4 Å². The summed E-state index contributed by atoms with van der Waals surface area (Å²) in [6.07, 6.45) is 0.465. The van der Waals surface area contributed by atoms with Gasteiger partial charge < -0.3 is 5.32 Å². The molecule has 1 heterocycles. The number of halogens is 1. The van der Waals surface area contributed by atoms with Crippen molar-refractivity contribution < 1.29 is 22.8 Å². The molecule has 0 spiro atoms. The topological polar surface area (TPSA) is 104 Å². The molecule has 3 amide bonds. The Morgan fingerprint density at radius 3 is 2.23 bits per heavy atom. The Balaban J connectivity index is 1.75. The molecular weight excluding hydrogens is 430 g/mol. The summed E-state index contributed by atoms with van der Waals surface area (Å²) >= 11 is 6.10. The van der Waals surface area contributed by atoms with Crippen LogP contribution in [-0.2, 0) is 26.2 Å². The first kappa shape index (κ1) is 21.9. The summed E-state index contributed by atoms with van der Waals surface area (Å²) < 4.78 is 25.7. The van der Waals surface area contributed by atoms with Crippen LogP contribution in [0, 0.1) is 0 Å². The SMILES string of the molecule is CN(C)S(=O)(=O)c1ccc(Cl)c(C(=O)Nc2ccc(CN3C(=O)CCC3=O)cc2)c1. The fourth-order valence-corrected chi connectivity index (χ4v) is 4.06. The smallest absolute Gasteiger partial charge is 0.257 e. The van der Waals surface area contributed by atoms with Crippen molar-refractivity contribution in [3.05, 3.63) is 58.6 Å². The zero-order chi connectivity index (χ0) is 22.1. The first-order valence-electron chi connectivity index (χ1n) is 9.05. The van der Waals surface area contributed by atoms with Crippen molar-refractivity contribution in [3.63, 3.8) is 0 Å². The van der Waals surface area contributed by atoms with Crippen molar-refractivity contribution >= 4 is 45.0 Å². The maximum absolute atomic E-state index is 12.6. The Labute approximate surface area is 179 Å². The average molecular weight is 450 g/mol. The van der Waals surface area contributed by atoms with Crippen molar-refractivity contribution in [1.29, 1.82) is 0 Å². The van der Waals surface area contributed by atoms with Crippen LogP contribution in [0.5, 0.6) is 0 Å². The first-order valence-corrected chi connectivity index (χ1v) is 10.9. The predicted octanol–water partition coefficient (Wildman–Crippen LogP) is 2.49. The molecule has 0 unspecified atom stereocenters. The number of benzene rings is 2. The number of hydrogen-bond acceptors (Lipinski definition) is 5. The second-order valence-electron chi connectivity index (χ2n) is 6.95. The van der Waals surface area contributed by atoms with E-state index in [9.17, 15) is 22.8 Å². The van der Waals surface area contributed by atoms with Crippen molar-refractivity contribution in [2.75, 3.05) is 19.4 Å². The Morgan fingerprint density at radius 2 is 1.67 bits per heavy atom. The molecule has 1 fully saturated rings. The minimum atomic E-state index is -3.71. The van der Waals surface area contributed by atoms with Crippen LogP contribution in [0.15, 0.2) is 47.4 Å². The van der Waals surface area contributed by atoms with E-state index in [4.69, 9.17) is 11.6 Å². The van der Waals surface area contributed by atoms with Crippen LogP contribution in [0.2, 0.25) is 5.02 Å². The Bertz CT molecular complexity index is 1100. The highest BCUT2D eigenvalue weighted by Gasteiger charge is 2.28. The van der Waals surface area contributed by atoms with Gasteiger partial charge in [0.25, 0.3) is 5.91 Å². The van der Waals surface area contributed by atoms with Gasteiger partial charge in [0, 0.05) is 32.6 Å². The molecule has 1 aliphatic heterocycles. The molecule has 1 saturated heterocycles. The number of hydrogen-bond donors (Lipinski definition) is 1. The molecule has 0 atom stereocenters. The zero-order valence-electron chi connectivity index (χ0n) is 16.4. The number of carbonyl (C=O) groups excluding carboxylic acids is 3. The van der Waals surface area contributed by atoms with E-state index in [1.807, 2.05) is 0 Å². The van der Waals surface area contributed by atoms with Crippen LogP contribution in [0.25, 0.3) is 0 Å². The molecule has 8 nitrogen and oxygen atoms in total. The monoisotopic (exact) mass is 449 g/mol. The lowest BCUT2D eigenvalue weighted by Crippen LogP contribution is -2.28. The van der Waals surface area contributed by atoms with Gasteiger partial charge in [0.15, 0.2) is 0 Å². The van der Waals surface area contributed by atoms with Gasteiger partial charge in [0.1, 0.15) is 0 Å². The number of sulfonamides is 1. The van der Waals surface area contributed by atoms with Crippen molar-refractivity contribution in [1.82, 2.24) is 9.21 Å². The van der Waals surface area contributed by atoms with Crippen LogP contribution >= 0.6 is 11.6 Å². The largest absolute Gasteiger partial charge is 0.322 e. The quantitative estimate of drug-likeness (QED) is 0.682. The molecule has 1 aliphatic rings. The minimum Gasteiger partial charge on any atom is -0.322 e. The Hall–Kier alpha value is -2.75. The van der Waals surface area contributed by atoms with Crippen molar-refractivity contribution in [2.24, 2.45) is 0 Å². The fraction of sp³-hybridized carbons (Fsp3) is 0.250. The van der Waals surface area contributed by atoms with Crippen molar-refractivity contribution in [2.45, 2.75) is 24.3 Å². The second-order valence-corrected chi connectivity index (χ2v) is 9.51. The summed E-state index contributed by atoms with van der Waals surface area (Å²) in [6.45, 7) is 0.183. The zero-order valence-corrected chi connectivity index (χ0v) is 18.0. The number of amides is 3. The lowest BCUT2D eigenvalue weighted by molar-refractivity contribution is -0.139. The molecule has 158 valence electrons. The fourth-order valence-electron chi connectivity index (χ4n) is 2.92. The van der Waals surface area contributed by atoms with Crippen LogP contribution in [0.1, 0.15) is 28.8 Å². The van der Waals surface area contributed by atoms with Crippen LogP contribution in [0.4, 0.5) is 5.69 Å². The highest BCUT2D eigenvalue weighted by Crippen LogP contribution is 2.24. The molecule has 0 bridgehead atoms. The lowest BCUT2D eigenvalue weighted by atomic mass is 10.1. The van der Waals surface area contributed by atoms with E-state index in [-0.39, 0.29) is 46.7 Å². The third-order valence-electron chi connectivity index (χ3n) is 4.67. The van der Waals surface area contributed by atoms with E-state index in [0.717, 1.165) is 9.87 Å². The maximum Gasteiger partial charge on any atom is 0.257 e. The van der Waals surface area contributed by atoms with Gasteiger partial charge in [0.2, 0.25) is 21.8 Å². The molecule has 0 aliphatic carbocycles. The molecular formula is C20H20ClN3O5S. The number of nitrogens with zero attached hydrogens (tertiary/aromatic N) is 2. The van der Waals surface area contributed by atoms with E-state index in [0.29, 0.717) is 5.69 Å². The van der Waals surface area contributed by atoms with Gasteiger partial charge in [-0.1, -0.05) is 23.7 Å². The van der Waals surface area contributed by atoms with Gasteiger partial charge in [-0.3, -0.25) is 19.3 Å². The maximum atomic E-state index is 12.6. The minimum absolute atomic E-state index is 0.0249. The molecule has 3 rings (SSSR count). The highest BCUT2D eigenvalue weighted by molar-refractivity contribution is 7.89. The predicted molar refractivity (Wildman–Crippen MR) is 112 cm³/mol. The lowest BCUT2D eigenvalue weighted by Gasteiger charge is -2.15.